The second-order valence-corrected chi connectivity index (χ2v) is 8.04. The number of hydrogen-bond acceptors (Lipinski definition) is 7. The van der Waals surface area contributed by atoms with Gasteiger partial charge in [-0.15, -0.1) is 34.0 Å². The molecule has 3 aromatic rings. The highest BCUT2D eigenvalue weighted by atomic mass is 32.1. The summed E-state index contributed by atoms with van der Waals surface area (Å²) in [5, 5.41) is 32.6. The van der Waals surface area contributed by atoms with Crippen molar-refractivity contribution in [1.82, 2.24) is 0 Å². The zero-order valence-electron chi connectivity index (χ0n) is 12.7. The molecule has 1 aliphatic rings. The van der Waals surface area contributed by atoms with Gasteiger partial charge in [-0.1, -0.05) is 12.1 Å². The monoisotopic (exact) mass is 382 g/mol. The first-order valence-electron chi connectivity index (χ1n) is 7.44. The van der Waals surface area contributed by atoms with Gasteiger partial charge in [0, 0.05) is 15.3 Å². The maximum absolute atomic E-state index is 8.92. The Hall–Kier alpha value is -1.06. The number of hydrogen-bond donors (Lipinski definition) is 3. The van der Waals surface area contributed by atoms with Gasteiger partial charge < -0.3 is 20.1 Å². The SMILES string of the molecule is OC[C@H]1OC[C@H](O)[C@@H]1O.c1csc(-c2ccsc2-c2cccs2)c1. The van der Waals surface area contributed by atoms with Crippen LogP contribution < -0.4 is 0 Å². The van der Waals surface area contributed by atoms with E-state index in [1.807, 2.05) is 22.7 Å². The highest BCUT2D eigenvalue weighted by molar-refractivity contribution is 7.21. The molecular weight excluding hydrogens is 364 g/mol. The number of rotatable bonds is 3. The van der Waals surface area contributed by atoms with E-state index >= 15 is 0 Å². The number of aliphatic hydroxyl groups excluding tert-OH is 3. The molecular formula is C17H18O4S3. The first-order chi connectivity index (χ1) is 11.7. The van der Waals surface area contributed by atoms with E-state index in [4.69, 9.17) is 20.1 Å². The average Bonchev–Trinajstić information content (AvgIpc) is 3.37. The van der Waals surface area contributed by atoms with Gasteiger partial charge in [0.1, 0.15) is 18.3 Å². The van der Waals surface area contributed by atoms with Gasteiger partial charge in [-0.05, 0) is 34.3 Å². The molecule has 0 saturated carbocycles. The van der Waals surface area contributed by atoms with Crippen molar-refractivity contribution in [2.24, 2.45) is 0 Å². The Morgan fingerprint density at radius 1 is 0.958 bits per heavy atom. The molecule has 4 heterocycles. The minimum Gasteiger partial charge on any atom is -0.394 e. The maximum atomic E-state index is 8.92. The predicted molar refractivity (Wildman–Crippen MR) is 99.8 cm³/mol. The Morgan fingerprint density at radius 2 is 1.67 bits per heavy atom. The highest BCUT2D eigenvalue weighted by Gasteiger charge is 2.33. The second kappa shape index (κ2) is 8.35. The summed E-state index contributed by atoms with van der Waals surface area (Å²) in [6.07, 6.45) is -2.35. The minimum atomic E-state index is -0.921. The molecule has 0 radical (unpaired) electrons. The van der Waals surface area contributed by atoms with E-state index in [0.29, 0.717) is 0 Å². The van der Waals surface area contributed by atoms with E-state index in [9.17, 15) is 0 Å². The van der Waals surface area contributed by atoms with E-state index in [0.717, 1.165) is 0 Å². The molecule has 3 atom stereocenters. The van der Waals surface area contributed by atoms with Gasteiger partial charge in [0.2, 0.25) is 0 Å². The molecule has 1 aliphatic heterocycles. The number of aliphatic hydroxyl groups is 3. The summed E-state index contributed by atoms with van der Waals surface area (Å²) < 4.78 is 4.78. The molecule has 0 bridgehead atoms. The van der Waals surface area contributed by atoms with Crippen molar-refractivity contribution in [3.05, 3.63) is 46.5 Å². The number of thiophene rings is 3. The number of ether oxygens (including phenoxy) is 1. The van der Waals surface area contributed by atoms with Crippen LogP contribution in [0.3, 0.4) is 0 Å². The Bertz CT molecular complexity index is 672. The molecule has 0 spiro atoms. The third-order valence-corrected chi connectivity index (χ3v) is 6.50. The molecule has 128 valence electrons. The summed E-state index contributed by atoms with van der Waals surface area (Å²) in [4.78, 5) is 4.13. The van der Waals surface area contributed by atoms with Crippen LogP contribution in [0.2, 0.25) is 0 Å². The van der Waals surface area contributed by atoms with E-state index in [-0.39, 0.29) is 13.2 Å². The van der Waals surface area contributed by atoms with Gasteiger partial charge in [0.05, 0.1) is 18.1 Å². The summed E-state index contributed by atoms with van der Waals surface area (Å²) in [5.74, 6) is 0. The van der Waals surface area contributed by atoms with Gasteiger partial charge >= 0.3 is 0 Å². The quantitative estimate of drug-likeness (QED) is 0.650. The lowest BCUT2D eigenvalue weighted by Crippen LogP contribution is -2.31. The van der Waals surface area contributed by atoms with Gasteiger partial charge in [0.15, 0.2) is 0 Å². The summed E-state index contributed by atoms with van der Waals surface area (Å²) in [6.45, 7) is -0.120. The first kappa shape index (κ1) is 17.8. The van der Waals surface area contributed by atoms with Crippen LogP contribution in [0.1, 0.15) is 0 Å². The molecule has 4 nitrogen and oxygen atoms in total. The van der Waals surface area contributed by atoms with Crippen LogP contribution in [0.4, 0.5) is 0 Å². The van der Waals surface area contributed by atoms with E-state index in [2.05, 4.69) is 46.5 Å². The van der Waals surface area contributed by atoms with Gasteiger partial charge in [0.25, 0.3) is 0 Å². The lowest BCUT2D eigenvalue weighted by atomic mass is 10.2. The molecule has 0 unspecified atom stereocenters. The van der Waals surface area contributed by atoms with Crippen LogP contribution in [0.5, 0.6) is 0 Å². The molecule has 24 heavy (non-hydrogen) atoms. The largest absolute Gasteiger partial charge is 0.394 e. The fraction of sp³-hybridized carbons (Fsp3) is 0.294. The van der Waals surface area contributed by atoms with Crippen molar-refractivity contribution in [1.29, 1.82) is 0 Å². The molecule has 0 aliphatic carbocycles. The summed E-state index contributed by atoms with van der Waals surface area (Å²) in [6, 6.07) is 10.8. The molecule has 1 saturated heterocycles. The van der Waals surface area contributed by atoms with Crippen molar-refractivity contribution in [2.75, 3.05) is 13.2 Å². The summed E-state index contributed by atoms with van der Waals surface area (Å²) in [5.41, 5.74) is 1.37. The lowest BCUT2D eigenvalue weighted by Gasteiger charge is -2.10. The molecule has 1 fully saturated rings. The van der Waals surface area contributed by atoms with Crippen molar-refractivity contribution in [3.8, 4) is 20.2 Å². The summed E-state index contributed by atoms with van der Waals surface area (Å²) in [7, 11) is 0. The van der Waals surface area contributed by atoms with Crippen LogP contribution in [-0.2, 0) is 4.74 Å². The fourth-order valence-corrected chi connectivity index (χ4v) is 4.98. The smallest absolute Gasteiger partial charge is 0.110 e. The summed E-state index contributed by atoms with van der Waals surface area (Å²) >= 11 is 5.43. The fourth-order valence-electron chi connectivity index (χ4n) is 2.36. The van der Waals surface area contributed by atoms with Crippen LogP contribution in [-0.4, -0.2) is 46.8 Å². The molecule has 7 heteroatoms. The van der Waals surface area contributed by atoms with E-state index in [1.165, 1.54) is 20.2 Å². The molecule has 0 aromatic carbocycles. The molecule has 3 aromatic heterocycles. The second-order valence-electron chi connectivity index (χ2n) is 5.23. The van der Waals surface area contributed by atoms with Gasteiger partial charge in [-0.3, -0.25) is 0 Å². The van der Waals surface area contributed by atoms with Crippen LogP contribution in [0.25, 0.3) is 20.2 Å². The van der Waals surface area contributed by atoms with Gasteiger partial charge in [-0.25, -0.2) is 0 Å². The van der Waals surface area contributed by atoms with Gasteiger partial charge in [-0.2, -0.15) is 0 Å². The Labute approximate surface area is 152 Å². The molecule has 0 amide bonds. The normalized spacial score (nSPS) is 23.0. The van der Waals surface area contributed by atoms with Crippen molar-refractivity contribution >= 4 is 34.0 Å². The van der Waals surface area contributed by atoms with Crippen LogP contribution in [0, 0.1) is 0 Å². The lowest BCUT2D eigenvalue weighted by molar-refractivity contribution is -0.00588. The predicted octanol–water partition coefficient (Wildman–Crippen LogP) is 3.30. The Kier molecular flexibility index (Phi) is 6.18. The zero-order chi connectivity index (χ0) is 16.9. The van der Waals surface area contributed by atoms with Crippen LogP contribution in [0.15, 0.2) is 46.5 Å². The Morgan fingerprint density at radius 3 is 2.17 bits per heavy atom. The van der Waals surface area contributed by atoms with Crippen molar-refractivity contribution in [2.45, 2.75) is 18.3 Å². The third kappa shape index (κ3) is 3.94. The zero-order valence-corrected chi connectivity index (χ0v) is 15.2. The first-order valence-corrected chi connectivity index (χ1v) is 10.1. The average molecular weight is 383 g/mol. The van der Waals surface area contributed by atoms with Crippen molar-refractivity contribution < 1.29 is 20.1 Å². The standard InChI is InChI=1S/C12H8S3.C5H10O4/c1-3-10(13-6-1)9-5-8-15-12(9)11-4-2-7-14-11;6-1-4-5(8)3(7)2-9-4/h1-8H;3-8H,1-2H2/t;3-,4+,5-/m.0/s1. The molecule has 4 rings (SSSR count). The third-order valence-electron chi connectivity index (χ3n) is 3.63. The molecule has 3 N–H and O–H groups in total. The highest BCUT2D eigenvalue weighted by Crippen LogP contribution is 2.40. The van der Waals surface area contributed by atoms with Crippen LogP contribution >= 0.6 is 34.0 Å². The maximum Gasteiger partial charge on any atom is 0.110 e. The topological polar surface area (TPSA) is 69.9 Å². The Balaban J connectivity index is 0.000000162. The van der Waals surface area contributed by atoms with Crippen molar-refractivity contribution in [3.63, 3.8) is 0 Å². The van der Waals surface area contributed by atoms with E-state index in [1.54, 1.807) is 11.3 Å². The van der Waals surface area contributed by atoms with E-state index < -0.39 is 18.3 Å². The minimum absolute atomic E-state index is 0.117.